The maximum absolute atomic E-state index is 12.9. The summed E-state index contributed by atoms with van der Waals surface area (Å²) in [5.41, 5.74) is 2.22. The van der Waals surface area contributed by atoms with Crippen molar-refractivity contribution < 1.29 is 28.7 Å². The standard InChI is InChI=1S/C26H30N8O6/c1-39-25(37)31-21-29-17-11-5-7-13-19(17)33(21)23(35)27-15-9-3-4-10-16-28-24(36)34-20-14-8-6-12-18(20)30-22(34)32-26(38)40-2/h5-8,11-14H,3-4,9-10,15-16H2,1-2H3,(H,27,35)(H,28,36)(H,29,31,37)(H,30,32,38). The molecule has 0 saturated carbocycles. The minimum Gasteiger partial charge on any atom is -0.453 e. The summed E-state index contributed by atoms with van der Waals surface area (Å²) in [4.78, 5) is 57.7. The molecule has 4 N–H and O–H groups in total. The van der Waals surface area contributed by atoms with Crippen LogP contribution in [0, 0.1) is 0 Å². The average molecular weight is 551 g/mol. The summed E-state index contributed by atoms with van der Waals surface area (Å²) in [5.74, 6) is 0.133. The van der Waals surface area contributed by atoms with Crippen molar-refractivity contribution in [1.82, 2.24) is 29.7 Å². The molecule has 0 unspecified atom stereocenters. The van der Waals surface area contributed by atoms with Crippen LogP contribution in [0.2, 0.25) is 0 Å². The number of nitrogens with zero attached hydrogens (tertiary/aromatic N) is 4. The van der Waals surface area contributed by atoms with Gasteiger partial charge in [-0.15, -0.1) is 0 Å². The van der Waals surface area contributed by atoms with E-state index in [0.717, 1.165) is 12.8 Å². The molecule has 0 spiro atoms. The fourth-order valence-electron chi connectivity index (χ4n) is 4.07. The van der Waals surface area contributed by atoms with Gasteiger partial charge < -0.3 is 20.1 Å². The minimum atomic E-state index is -0.728. The van der Waals surface area contributed by atoms with Gasteiger partial charge in [0, 0.05) is 13.1 Å². The summed E-state index contributed by atoms with van der Waals surface area (Å²) in [7, 11) is 2.46. The fourth-order valence-corrected chi connectivity index (χ4v) is 4.07. The van der Waals surface area contributed by atoms with Crippen LogP contribution in [-0.4, -0.2) is 70.7 Å². The van der Waals surface area contributed by atoms with Crippen LogP contribution in [0.3, 0.4) is 0 Å². The normalized spacial score (nSPS) is 10.8. The summed E-state index contributed by atoms with van der Waals surface area (Å²) in [6, 6.07) is 13.3. The molecule has 0 aliphatic rings. The van der Waals surface area contributed by atoms with Crippen molar-refractivity contribution in [3.05, 3.63) is 48.5 Å². The maximum atomic E-state index is 12.9. The Hall–Kier alpha value is -5.14. The van der Waals surface area contributed by atoms with E-state index in [0.29, 0.717) is 48.0 Å². The lowest BCUT2D eigenvalue weighted by Crippen LogP contribution is -2.31. The average Bonchev–Trinajstić information content (AvgIpc) is 3.51. The molecule has 14 nitrogen and oxygen atoms in total. The summed E-state index contributed by atoms with van der Waals surface area (Å²) in [6.07, 6.45) is 1.60. The molecule has 4 rings (SSSR count). The second-order valence-corrected chi connectivity index (χ2v) is 8.63. The van der Waals surface area contributed by atoms with E-state index in [-0.39, 0.29) is 11.9 Å². The predicted octanol–water partition coefficient (Wildman–Crippen LogP) is 4.12. The number of benzene rings is 2. The second kappa shape index (κ2) is 13.1. The molecular formula is C26H30N8O6. The number of carbonyl (C=O) groups excluding carboxylic acids is 4. The van der Waals surface area contributed by atoms with E-state index in [1.54, 1.807) is 48.5 Å². The van der Waals surface area contributed by atoms with E-state index in [2.05, 4.69) is 40.7 Å². The molecule has 0 atom stereocenters. The number of hydrogen-bond donors (Lipinski definition) is 4. The maximum Gasteiger partial charge on any atom is 0.413 e. The monoisotopic (exact) mass is 550 g/mol. The molecule has 0 aliphatic heterocycles. The molecule has 0 bridgehead atoms. The van der Waals surface area contributed by atoms with E-state index in [4.69, 9.17) is 0 Å². The molecule has 210 valence electrons. The summed E-state index contributed by atoms with van der Waals surface area (Å²) < 4.78 is 11.8. The van der Waals surface area contributed by atoms with Crippen LogP contribution < -0.4 is 21.3 Å². The fraction of sp³-hybridized carbons (Fsp3) is 0.308. The molecule has 2 aromatic carbocycles. The Morgan fingerprint density at radius 2 is 1.05 bits per heavy atom. The van der Waals surface area contributed by atoms with Gasteiger partial charge in [0.1, 0.15) is 0 Å². The predicted molar refractivity (Wildman–Crippen MR) is 148 cm³/mol. The smallest absolute Gasteiger partial charge is 0.413 e. The third kappa shape index (κ3) is 6.46. The van der Waals surface area contributed by atoms with Crippen LogP contribution in [0.15, 0.2) is 48.5 Å². The van der Waals surface area contributed by atoms with Crippen molar-refractivity contribution in [3.8, 4) is 0 Å². The number of rotatable bonds is 9. The number of ether oxygens (including phenoxy) is 2. The van der Waals surface area contributed by atoms with Crippen LogP contribution in [0.5, 0.6) is 0 Å². The highest BCUT2D eigenvalue weighted by molar-refractivity contribution is 5.97. The van der Waals surface area contributed by atoms with Crippen LogP contribution in [0.4, 0.5) is 31.1 Å². The first-order valence-corrected chi connectivity index (χ1v) is 12.6. The molecule has 14 heteroatoms. The van der Waals surface area contributed by atoms with E-state index >= 15 is 0 Å². The Bertz CT molecular complexity index is 1410. The molecule has 2 aromatic heterocycles. The van der Waals surface area contributed by atoms with Gasteiger partial charge in [-0.25, -0.2) is 38.3 Å². The SMILES string of the molecule is COC(=O)Nc1nc2ccccc2n1C(=O)NCCCCCCNC(=O)n1c(NC(=O)OC)nc2ccccc21. The van der Waals surface area contributed by atoms with E-state index in [1.165, 1.54) is 23.4 Å². The van der Waals surface area contributed by atoms with Crippen LogP contribution in [-0.2, 0) is 9.47 Å². The van der Waals surface area contributed by atoms with Gasteiger partial charge in [0.15, 0.2) is 0 Å². The van der Waals surface area contributed by atoms with Crippen LogP contribution in [0.25, 0.3) is 22.1 Å². The van der Waals surface area contributed by atoms with Gasteiger partial charge in [0.05, 0.1) is 36.3 Å². The molecule has 40 heavy (non-hydrogen) atoms. The van der Waals surface area contributed by atoms with Crippen molar-refractivity contribution in [2.24, 2.45) is 0 Å². The second-order valence-electron chi connectivity index (χ2n) is 8.63. The lowest BCUT2D eigenvalue weighted by Gasteiger charge is -2.11. The summed E-state index contributed by atoms with van der Waals surface area (Å²) >= 11 is 0. The van der Waals surface area contributed by atoms with Gasteiger partial charge >= 0.3 is 24.2 Å². The number of unbranched alkanes of at least 4 members (excludes halogenated alkanes) is 3. The van der Waals surface area contributed by atoms with E-state index < -0.39 is 24.2 Å². The highest BCUT2D eigenvalue weighted by Crippen LogP contribution is 2.20. The van der Waals surface area contributed by atoms with Gasteiger partial charge in [-0.2, -0.15) is 0 Å². The van der Waals surface area contributed by atoms with Crippen LogP contribution >= 0.6 is 0 Å². The van der Waals surface area contributed by atoms with Gasteiger partial charge in [0.25, 0.3) is 0 Å². The lowest BCUT2D eigenvalue weighted by atomic mass is 10.2. The molecule has 0 aliphatic carbocycles. The quantitative estimate of drug-likeness (QED) is 0.225. The lowest BCUT2D eigenvalue weighted by molar-refractivity contribution is 0.185. The molecule has 0 saturated heterocycles. The number of para-hydroxylation sites is 4. The van der Waals surface area contributed by atoms with Crippen molar-refractivity contribution in [1.29, 1.82) is 0 Å². The zero-order valence-electron chi connectivity index (χ0n) is 22.1. The number of hydrogen-bond acceptors (Lipinski definition) is 8. The number of anilines is 2. The Kier molecular flexibility index (Phi) is 9.12. The molecule has 4 aromatic rings. The van der Waals surface area contributed by atoms with Crippen LogP contribution in [0.1, 0.15) is 25.7 Å². The third-order valence-corrected chi connectivity index (χ3v) is 5.98. The molecular weight excluding hydrogens is 520 g/mol. The zero-order chi connectivity index (χ0) is 28.5. The van der Waals surface area contributed by atoms with Crippen molar-refractivity contribution in [2.75, 3.05) is 37.9 Å². The summed E-state index contributed by atoms with van der Waals surface area (Å²) in [6.45, 7) is 0.831. The Morgan fingerprint density at radius 3 is 1.45 bits per heavy atom. The van der Waals surface area contributed by atoms with Crippen molar-refractivity contribution in [3.63, 3.8) is 0 Å². The number of carbonyl (C=O) groups is 4. The topological polar surface area (TPSA) is 170 Å². The first kappa shape index (κ1) is 27.9. The largest absolute Gasteiger partial charge is 0.453 e. The zero-order valence-corrected chi connectivity index (χ0v) is 22.1. The molecule has 4 amide bonds. The summed E-state index contributed by atoms with van der Waals surface area (Å²) in [5, 5.41) is 10.6. The highest BCUT2D eigenvalue weighted by atomic mass is 16.5. The number of amides is 4. The Balaban J connectivity index is 1.23. The number of nitrogens with one attached hydrogen (secondary N) is 4. The number of aromatic nitrogens is 4. The third-order valence-electron chi connectivity index (χ3n) is 5.98. The Labute approximate surface area is 229 Å². The molecule has 2 heterocycles. The Morgan fingerprint density at radius 1 is 0.650 bits per heavy atom. The number of fused-ring (bicyclic) bond motifs is 2. The van der Waals surface area contributed by atoms with Gasteiger partial charge in [0.2, 0.25) is 11.9 Å². The van der Waals surface area contributed by atoms with Crippen molar-refractivity contribution >= 4 is 58.2 Å². The highest BCUT2D eigenvalue weighted by Gasteiger charge is 2.19. The number of imidazole rings is 2. The minimum absolute atomic E-state index is 0.0666. The van der Waals surface area contributed by atoms with Gasteiger partial charge in [-0.05, 0) is 37.1 Å². The van der Waals surface area contributed by atoms with Gasteiger partial charge in [-0.3, -0.25) is 10.6 Å². The first-order chi connectivity index (χ1) is 19.4. The first-order valence-electron chi connectivity index (χ1n) is 12.6. The molecule has 0 radical (unpaired) electrons. The van der Waals surface area contributed by atoms with E-state index in [1.807, 2.05) is 0 Å². The van der Waals surface area contributed by atoms with Gasteiger partial charge in [-0.1, -0.05) is 37.1 Å². The molecule has 0 fully saturated rings. The van der Waals surface area contributed by atoms with E-state index in [9.17, 15) is 19.2 Å². The van der Waals surface area contributed by atoms with Crippen molar-refractivity contribution in [2.45, 2.75) is 25.7 Å². The number of methoxy groups -OCH3 is 2.